The summed E-state index contributed by atoms with van der Waals surface area (Å²) in [5.41, 5.74) is 4.44. The van der Waals surface area contributed by atoms with Gasteiger partial charge in [0.25, 0.3) is 0 Å². The number of carboxylic acid groups (broad SMARTS) is 1. The number of hydrogen-bond acceptors (Lipinski definition) is 4. The Balaban J connectivity index is 0.00000306. The van der Waals surface area contributed by atoms with Crippen molar-refractivity contribution in [3.8, 4) is 5.75 Å². The maximum Gasteiger partial charge on any atom is 0.335 e. The summed E-state index contributed by atoms with van der Waals surface area (Å²) in [5, 5.41) is 23.7. The first-order valence-corrected chi connectivity index (χ1v) is 11.1. The molecule has 0 fully saturated rings. The van der Waals surface area contributed by atoms with Gasteiger partial charge in [-0.25, -0.2) is 4.79 Å². The molecule has 4 rings (SSSR count). The SMILES string of the molecule is Cl.O=C(O)c1cccc(COc2ccc3c(c2)C[C@@H](NC[C@H](O)c2cccc(Cl)c2)CC3)c1. The number of aryl methyl sites for hydroxylation is 1. The molecule has 174 valence electrons. The van der Waals surface area contributed by atoms with Crippen LogP contribution in [-0.2, 0) is 19.4 Å². The van der Waals surface area contributed by atoms with Gasteiger partial charge in [0.2, 0.25) is 0 Å². The van der Waals surface area contributed by atoms with Gasteiger partial charge in [-0.05, 0) is 77.9 Å². The Hall–Kier alpha value is -2.57. The molecule has 0 heterocycles. The van der Waals surface area contributed by atoms with Gasteiger partial charge >= 0.3 is 5.97 Å². The van der Waals surface area contributed by atoms with Gasteiger partial charge in [-0.2, -0.15) is 0 Å². The maximum atomic E-state index is 11.1. The van der Waals surface area contributed by atoms with Crippen molar-refractivity contribution < 1.29 is 19.7 Å². The van der Waals surface area contributed by atoms with E-state index in [-0.39, 0.29) is 24.0 Å². The second kappa shape index (κ2) is 11.5. The molecule has 0 aromatic heterocycles. The lowest BCUT2D eigenvalue weighted by Gasteiger charge is -2.27. The van der Waals surface area contributed by atoms with E-state index >= 15 is 0 Å². The normalized spacial score (nSPS) is 15.8. The van der Waals surface area contributed by atoms with Crippen LogP contribution in [0.25, 0.3) is 0 Å². The minimum atomic E-state index is -0.945. The topological polar surface area (TPSA) is 78.8 Å². The molecule has 0 radical (unpaired) electrons. The van der Waals surface area contributed by atoms with Gasteiger partial charge in [-0.15, -0.1) is 12.4 Å². The van der Waals surface area contributed by atoms with Crippen LogP contribution in [0.1, 0.15) is 45.1 Å². The Labute approximate surface area is 204 Å². The van der Waals surface area contributed by atoms with Crippen LogP contribution in [0.2, 0.25) is 5.02 Å². The van der Waals surface area contributed by atoms with Gasteiger partial charge in [0.05, 0.1) is 11.7 Å². The molecule has 0 aliphatic heterocycles. The third kappa shape index (κ3) is 6.71. The van der Waals surface area contributed by atoms with E-state index in [0.717, 1.165) is 36.1 Å². The Kier molecular flexibility index (Phi) is 8.75. The third-order valence-electron chi connectivity index (χ3n) is 5.82. The maximum absolute atomic E-state index is 11.1. The van der Waals surface area contributed by atoms with Crippen LogP contribution in [0, 0.1) is 0 Å². The summed E-state index contributed by atoms with van der Waals surface area (Å²) in [6.07, 6.45) is 2.24. The predicted molar refractivity (Wildman–Crippen MR) is 132 cm³/mol. The molecular formula is C26H27Cl2NO4. The standard InChI is InChI=1S/C26H26ClNO4.ClH/c27-22-6-2-4-19(12-22)25(29)15-28-23-9-7-18-8-10-24(14-21(18)13-23)32-16-17-3-1-5-20(11-17)26(30)31;/h1-6,8,10-12,14,23,25,28-29H,7,9,13,15-16H2,(H,30,31);1H/t23-,25-;/m0./s1. The lowest BCUT2D eigenvalue weighted by molar-refractivity contribution is 0.0696. The molecular weight excluding hydrogens is 461 g/mol. The number of hydrogen-bond donors (Lipinski definition) is 3. The Bertz CT molecular complexity index is 1110. The van der Waals surface area contributed by atoms with E-state index < -0.39 is 12.1 Å². The van der Waals surface area contributed by atoms with Crippen molar-refractivity contribution in [2.45, 2.75) is 38.0 Å². The quantitative estimate of drug-likeness (QED) is 0.405. The summed E-state index contributed by atoms with van der Waals surface area (Å²) in [6.45, 7) is 0.782. The van der Waals surface area contributed by atoms with Crippen molar-refractivity contribution in [3.63, 3.8) is 0 Å². The first kappa shape index (κ1) is 25.1. The molecule has 1 aliphatic carbocycles. The van der Waals surface area contributed by atoms with Gasteiger partial charge in [0, 0.05) is 17.6 Å². The number of halogens is 2. The molecule has 3 aromatic rings. The number of carbonyl (C=O) groups is 1. The van der Waals surface area contributed by atoms with Crippen LogP contribution in [0.5, 0.6) is 5.75 Å². The Morgan fingerprint density at radius 1 is 1.09 bits per heavy atom. The van der Waals surface area contributed by atoms with Crippen molar-refractivity contribution in [2.75, 3.05) is 6.54 Å². The number of benzene rings is 3. The molecule has 0 spiro atoms. The van der Waals surface area contributed by atoms with Crippen LogP contribution in [0.3, 0.4) is 0 Å². The number of carboxylic acids is 1. The van der Waals surface area contributed by atoms with Crippen molar-refractivity contribution in [1.29, 1.82) is 0 Å². The monoisotopic (exact) mass is 487 g/mol. The molecule has 7 heteroatoms. The minimum Gasteiger partial charge on any atom is -0.489 e. The first-order valence-electron chi connectivity index (χ1n) is 10.7. The third-order valence-corrected chi connectivity index (χ3v) is 6.05. The lowest BCUT2D eigenvalue weighted by Crippen LogP contribution is -2.37. The molecule has 2 atom stereocenters. The molecule has 0 saturated heterocycles. The molecule has 33 heavy (non-hydrogen) atoms. The largest absolute Gasteiger partial charge is 0.489 e. The molecule has 0 saturated carbocycles. The highest BCUT2D eigenvalue weighted by atomic mass is 35.5. The second-order valence-electron chi connectivity index (χ2n) is 8.14. The van der Waals surface area contributed by atoms with E-state index in [1.54, 1.807) is 30.3 Å². The van der Waals surface area contributed by atoms with Crippen LogP contribution < -0.4 is 10.1 Å². The number of fused-ring (bicyclic) bond motifs is 1. The van der Waals surface area contributed by atoms with Crippen LogP contribution in [0.15, 0.2) is 66.7 Å². The van der Waals surface area contributed by atoms with Crippen molar-refractivity contribution in [3.05, 3.63) is 99.6 Å². The smallest absolute Gasteiger partial charge is 0.335 e. The molecule has 0 bridgehead atoms. The number of ether oxygens (including phenoxy) is 1. The fourth-order valence-electron chi connectivity index (χ4n) is 4.07. The highest BCUT2D eigenvalue weighted by Gasteiger charge is 2.20. The Morgan fingerprint density at radius 2 is 1.91 bits per heavy atom. The Morgan fingerprint density at radius 3 is 2.70 bits per heavy atom. The van der Waals surface area contributed by atoms with E-state index in [0.29, 0.717) is 18.2 Å². The molecule has 3 aromatic carbocycles. The number of nitrogens with one attached hydrogen (secondary N) is 1. The summed E-state index contributed by atoms with van der Waals surface area (Å²) < 4.78 is 5.93. The summed E-state index contributed by atoms with van der Waals surface area (Å²) in [5.74, 6) is -0.177. The number of aliphatic hydroxyl groups is 1. The van der Waals surface area contributed by atoms with Crippen molar-refractivity contribution in [1.82, 2.24) is 5.32 Å². The fourth-order valence-corrected chi connectivity index (χ4v) is 4.27. The predicted octanol–water partition coefficient (Wildman–Crippen LogP) is 5.22. The zero-order valence-electron chi connectivity index (χ0n) is 18.0. The van der Waals surface area contributed by atoms with Gasteiger partial charge < -0.3 is 20.3 Å². The number of aliphatic hydroxyl groups excluding tert-OH is 1. The summed E-state index contributed by atoms with van der Waals surface area (Å²) >= 11 is 6.03. The van der Waals surface area contributed by atoms with Crippen molar-refractivity contribution in [2.24, 2.45) is 0 Å². The van der Waals surface area contributed by atoms with Gasteiger partial charge in [-0.3, -0.25) is 0 Å². The van der Waals surface area contributed by atoms with E-state index in [1.807, 2.05) is 24.3 Å². The fraction of sp³-hybridized carbons (Fsp3) is 0.269. The second-order valence-corrected chi connectivity index (χ2v) is 8.58. The van der Waals surface area contributed by atoms with Gasteiger partial charge in [-0.1, -0.05) is 41.9 Å². The molecule has 0 unspecified atom stereocenters. The first-order chi connectivity index (χ1) is 15.5. The van der Waals surface area contributed by atoms with Gasteiger partial charge in [0.15, 0.2) is 0 Å². The van der Waals surface area contributed by atoms with Gasteiger partial charge in [0.1, 0.15) is 12.4 Å². The number of rotatable bonds is 8. The highest BCUT2D eigenvalue weighted by Crippen LogP contribution is 2.27. The van der Waals surface area contributed by atoms with E-state index in [2.05, 4.69) is 17.4 Å². The summed E-state index contributed by atoms with van der Waals surface area (Å²) in [6, 6.07) is 20.5. The zero-order valence-corrected chi connectivity index (χ0v) is 19.6. The molecule has 5 nitrogen and oxygen atoms in total. The van der Waals surface area contributed by atoms with E-state index in [9.17, 15) is 9.90 Å². The van der Waals surface area contributed by atoms with Crippen LogP contribution in [-0.4, -0.2) is 28.8 Å². The molecule has 3 N–H and O–H groups in total. The van der Waals surface area contributed by atoms with Crippen LogP contribution in [0.4, 0.5) is 0 Å². The zero-order chi connectivity index (χ0) is 22.5. The van der Waals surface area contributed by atoms with Crippen LogP contribution >= 0.6 is 24.0 Å². The van der Waals surface area contributed by atoms with E-state index in [4.69, 9.17) is 21.4 Å². The number of aromatic carboxylic acids is 1. The molecule has 1 aliphatic rings. The minimum absolute atomic E-state index is 0. The molecule has 0 amide bonds. The summed E-state index contributed by atoms with van der Waals surface area (Å²) in [7, 11) is 0. The summed E-state index contributed by atoms with van der Waals surface area (Å²) in [4.78, 5) is 11.1. The average molecular weight is 488 g/mol. The average Bonchev–Trinajstić information content (AvgIpc) is 2.81. The van der Waals surface area contributed by atoms with Crippen molar-refractivity contribution >= 4 is 30.0 Å². The highest BCUT2D eigenvalue weighted by molar-refractivity contribution is 6.30. The van der Waals surface area contributed by atoms with E-state index in [1.165, 1.54) is 11.1 Å². The lowest BCUT2D eigenvalue weighted by atomic mass is 9.88.